The predicted octanol–water partition coefficient (Wildman–Crippen LogP) is 4.67. The van der Waals surface area contributed by atoms with Gasteiger partial charge >= 0.3 is 0 Å². The number of anilines is 1. The molecule has 0 atom stereocenters. The summed E-state index contributed by atoms with van der Waals surface area (Å²) in [6, 6.07) is 13.3. The molecule has 0 bridgehead atoms. The Morgan fingerprint density at radius 2 is 1.80 bits per heavy atom. The first-order chi connectivity index (χ1) is 12.1. The van der Waals surface area contributed by atoms with E-state index in [-0.39, 0.29) is 5.91 Å². The van der Waals surface area contributed by atoms with Gasteiger partial charge in [-0.3, -0.25) is 4.79 Å². The molecule has 128 valence electrons. The van der Waals surface area contributed by atoms with Gasteiger partial charge in [0.2, 0.25) is 0 Å². The highest BCUT2D eigenvalue weighted by Crippen LogP contribution is 2.31. The van der Waals surface area contributed by atoms with Crippen molar-refractivity contribution in [2.45, 2.75) is 0 Å². The maximum absolute atomic E-state index is 12.6. The molecule has 1 amide bonds. The molecule has 0 aliphatic carbocycles. The number of benzene rings is 2. The zero-order valence-electron chi connectivity index (χ0n) is 13.3. The van der Waals surface area contributed by atoms with E-state index in [1.807, 2.05) is 47.4 Å². The fraction of sp³-hybridized carbons (Fsp3) is 0.222. The summed E-state index contributed by atoms with van der Waals surface area (Å²) in [6.07, 6.45) is 0. The Kier molecular flexibility index (Phi) is 4.67. The second kappa shape index (κ2) is 6.94. The Morgan fingerprint density at radius 1 is 1.08 bits per heavy atom. The third kappa shape index (κ3) is 3.52. The second-order valence-electron chi connectivity index (χ2n) is 5.89. The highest BCUT2D eigenvalue weighted by molar-refractivity contribution is 9.10. The van der Waals surface area contributed by atoms with Crippen LogP contribution in [-0.2, 0) is 0 Å². The molecule has 0 saturated carbocycles. The number of rotatable bonds is 2. The summed E-state index contributed by atoms with van der Waals surface area (Å²) < 4.78 is 2.07. The van der Waals surface area contributed by atoms with E-state index in [4.69, 9.17) is 16.6 Å². The lowest BCUT2D eigenvalue weighted by atomic mass is 10.2. The first-order valence-electron chi connectivity index (χ1n) is 7.96. The number of piperazine rings is 1. The molecular formula is C18H15BrClN3OS. The van der Waals surface area contributed by atoms with Crippen molar-refractivity contribution in [2.24, 2.45) is 0 Å². The second-order valence-corrected chi connectivity index (χ2v) is 8.26. The molecule has 0 N–H and O–H groups in total. The lowest BCUT2D eigenvalue weighted by molar-refractivity contribution is 0.0747. The number of nitrogens with zero attached hydrogens (tertiary/aromatic N) is 3. The lowest BCUT2D eigenvalue weighted by Gasteiger charge is -2.34. The topological polar surface area (TPSA) is 36.4 Å². The van der Waals surface area contributed by atoms with Crippen molar-refractivity contribution < 1.29 is 4.79 Å². The van der Waals surface area contributed by atoms with E-state index in [0.717, 1.165) is 43.5 Å². The van der Waals surface area contributed by atoms with E-state index in [0.29, 0.717) is 13.1 Å². The molecule has 1 aromatic heterocycles. The van der Waals surface area contributed by atoms with E-state index in [9.17, 15) is 4.79 Å². The number of fused-ring (bicyclic) bond motifs is 1. The molecular weight excluding hydrogens is 422 g/mol. The van der Waals surface area contributed by atoms with Crippen LogP contribution in [0.1, 0.15) is 10.4 Å². The number of aromatic nitrogens is 1. The third-order valence-electron chi connectivity index (χ3n) is 4.27. The minimum Gasteiger partial charge on any atom is -0.345 e. The van der Waals surface area contributed by atoms with Gasteiger partial charge in [0.05, 0.1) is 10.2 Å². The van der Waals surface area contributed by atoms with Gasteiger partial charge in [0.1, 0.15) is 0 Å². The van der Waals surface area contributed by atoms with Gasteiger partial charge in [-0.2, -0.15) is 0 Å². The molecule has 0 spiro atoms. The number of hydrogen-bond acceptors (Lipinski definition) is 4. The van der Waals surface area contributed by atoms with Gasteiger partial charge < -0.3 is 9.80 Å². The fourth-order valence-corrected chi connectivity index (χ4v) is 4.46. The van der Waals surface area contributed by atoms with Crippen molar-refractivity contribution >= 4 is 60.1 Å². The molecule has 0 unspecified atom stereocenters. The van der Waals surface area contributed by atoms with E-state index in [1.54, 1.807) is 11.3 Å². The molecule has 2 aromatic carbocycles. The number of halogens is 2. The Morgan fingerprint density at radius 3 is 2.52 bits per heavy atom. The molecule has 7 heteroatoms. The predicted molar refractivity (Wildman–Crippen MR) is 107 cm³/mol. The quantitative estimate of drug-likeness (QED) is 0.585. The van der Waals surface area contributed by atoms with Crippen LogP contribution in [0.25, 0.3) is 10.2 Å². The van der Waals surface area contributed by atoms with Gasteiger partial charge in [0.25, 0.3) is 5.91 Å². The van der Waals surface area contributed by atoms with Crippen molar-refractivity contribution in [3.63, 3.8) is 0 Å². The maximum atomic E-state index is 12.6. The first-order valence-corrected chi connectivity index (χ1v) is 9.95. The van der Waals surface area contributed by atoms with Crippen LogP contribution in [0.4, 0.5) is 5.13 Å². The van der Waals surface area contributed by atoms with Crippen molar-refractivity contribution in [1.29, 1.82) is 0 Å². The highest BCUT2D eigenvalue weighted by Gasteiger charge is 2.23. The van der Waals surface area contributed by atoms with E-state index in [2.05, 4.69) is 20.8 Å². The molecule has 1 saturated heterocycles. The largest absolute Gasteiger partial charge is 0.345 e. The first kappa shape index (κ1) is 16.8. The van der Waals surface area contributed by atoms with Crippen molar-refractivity contribution in [3.05, 3.63) is 57.5 Å². The number of hydrogen-bond donors (Lipinski definition) is 0. The van der Waals surface area contributed by atoms with Crippen LogP contribution in [0.3, 0.4) is 0 Å². The molecule has 4 rings (SSSR count). The SMILES string of the molecule is O=C(c1ccc(Br)cc1)N1CCN(c2nc3ccc(Cl)cc3s2)CC1. The fourth-order valence-electron chi connectivity index (χ4n) is 2.90. The van der Waals surface area contributed by atoms with Crippen LogP contribution < -0.4 is 4.90 Å². The van der Waals surface area contributed by atoms with Gasteiger partial charge in [0, 0.05) is 41.2 Å². The minimum absolute atomic E-state index is 0.0863. The van der Waals surface area contributed by atoms with Crippen LogP contribution in [0.15, 0.2) is 46.9 Å². The van der Waals surface area contributed by atoms with Crippen LogP contribution >= 0.6 is 38.9 Å². The van der Waals surface area contributed by atoms with Crippen LogP contribution in [0, 0.1) is 0 Å². The summed E-state index contributed by atoms with van der Waals surface area (Å²) >= 11 is 11.1. The van der Waals surface area contributed by atoms with Gasteiger partial charge in [-0.15, -0.1) is 0 Å². The van der Waals surface area contributed by atoms with Crippen LogP contribution in [-0.4, -0.2) is 42.0 Å². The Balaban J connectivity index is 1.45. The zero-order valence-corrected chi connectivity index (χ0v) is 16.4. The zero-order chi connectivity index (χ0) is 17.4. The van der Waals surface area contributed by atoms with Crippen molar-refractivity contribution in [3.8, 4) is 0 Å². The highest BCUT2D eigenvalue weighted by atomic mass is 79.9. The lowest BCUT2D eigenvalue weighted by Crippen LogP contribution is -2.48. The van der Waals surface area contributed by atoms with E-state index in [1.165, 1.54) is 0 Å². The van der Waals surface area contributed by atoms with Gasteiger partial charge in [-0.1, -0.05) is 38.9 Å². The summed E-state index contributed by atoms with van der Waals surface area (Å²) in [4.78, 5) is 21.4. The molecule has 3 aromatic rings. The van der Waals surface area contributed by atoms with E-state index >= 15 is 0 Å². The molecule has 1 aliphatic rings. The Labute approximate surface area is 163 Å². The summed E-state index contributed by atoms with van der Waals surface area (Å²) in [6.45, 7) is 2.98. The summed E-state index contributed by atoms with van der Waals surface area (Å²) in [5.41, 5.74) is 1.70. The molecule has 2 heterocycles. The Hall–Kier alpha value is -1.63. The summed E-state index contributed by atoms with van der Waals surface area (Å²) in [5, 5.41) is 1.72. The molecule has 1 aliphatic heterocycles. The number of amides is 1. The molecule has 0 radical (unpaired) electrons. The van der Waals surface area contributed by atoms with Gasteiger partial charge in [-0.05, 0) is 42.5 Å². The van der Waals surface area contributed by atoms with E-state index < -0.39 is 0 Å². The van der Waals surface area contributed by atoms with Crippen LogP contribution in [0.5, 0.6) is 0 Å². The molecule has 1 fully saturated rings. The average molecular weight is 437 g/mol. The average Bonchev–Trinajstić information content (AvgIpc) is 3.05. The monoisotopic (exact) mass is 435 g/mol. The van der Waals surface area contributed by atoms with Crippen LogP contribution in [0.2, 0.25) is 5.02 Å². The van der Waals surface area contributed by atoms with Crippen molar-refractivity contribution in [2.75, 3.05) is 31.1 Å². The summed E-state index contributed by atoms with van der Waals surface area (Å²) in [7, 11) is 0. The smallest absolute Gasteiger partial charge is 0.253 e. The summed E-state index contributed by atoms with van der Waals surface area (Å²) in [5.74, 6) is 0.0863. The molecule has 4 nitrogen and oxygen atoms in total. The normalized spacial score (nSPS) is 15.0. The van der Waals surface area contributed by atoms with Gasteiger partial charge in [0.15, 0.2) is 5.13 Å². The Bertz CT molecular complexity index is 920. The van der Waals surface area contributed by atoms with Crippen molar-refractivity contribution in [1.82, 2.24) is 9.88 Å². The minimum atomic E-state index is 0.0863. The maximum Gasteiger partial charge on any atom is 0.253 e. The number of thiazole rings is 1. The van der Waals surface area contributed by atoms with Gasteiger partial charge in [-0.25, -0.2) is 4.98 Å². The number of carbonyl (C=O) groups excluding carboxylic acids is 1. The third-order valence-corrected chi connectivity index (χ3v) is 6.11. The molecule has 25 heavy (non-hydrogen) atoms. The standard InChI is InChI=1S/C18H15BrClN3OS/c19-13-3-1-12(2-4-13)17(24)22-7-9-23(10-8-22)18-21-15-6-5-14(20)11-16(15)25-18/h1-6,11H,7-10H2. The number of carbonyl (C=O) groups is 1.